The zero-order valence-corrected chi connectivity index (χ0v) is 15.2. The van der Waals surface area contributed by atoms with Crippen LogP contribution in [0, 0.1) is 0 Å². The van der Waals surface area contributed by atoms with E-state index in [1.54, 1.807) is 19.2 Å². The summed E-state index contributed by atoms with van der Waals surface area (Å²) in [6.45, 7) is 2.54. The van der Waals surface area contributed by atoms with E-state index >= 15 is 0 Å². The number of aryl methyl sites for hydroxylation is 1. The molecule has 1 saturated heterocycles. The van der Waals surface area contributed by atoms with Crippen molar-refractivity contribution in [2.45, 2.75) is 63.2 Å². The number of nitrogens with zero attached hydrogens (tertiary/aromatic N) is 1. The minimum absolute atomic E-state index is 0.162. The quantitative estimate of drug-likeness (QED) is 0.741. The lowest BCUT2D eigenvalue weighted by atomic mass is 9.91. The maximum atomic E-state index is 9.85. The Morgan fingerprint density at radius 2 is 2.04 bits per heavy atom. The molecule has 0 aromatic heterocycles. The predicted octanol–water partition coefficient (Wildman–Crippen LogP) is 2.73. The van der Waals surface area contributed by atoms with Gasteiger partial charge < -0.3 is 19.7 Å². The Morgan fingerprint density at radius 1 is 1.20 bits per heavy atom. The molecule has 1 unspecified atom stereocenters. The summed E-state index contributed by atoms with van der Waals surface area (Å²) in [5.41, 5.74) is 1.10. The maximum Gasteiger partial charge on any atom is 0.160 e. The first-order chi connectivity index (χ1) is 12.2. The van der Waals surface area contributed by atoms with Crippen molar-refractivity contribution in [3.05, 3.63) is 23.8 Å². The van der Waals surface area contributed by atoms with Gasteiger partial charge in [0, 0.05) is 25.7 Å². The summed E-state index contributed by atoms with van der Waals surface area (Å²) in [6, 6.07) is 6.04. The summed E-state index contributed by atoms with van der Waals surface area (Å²) in [4.78, 5) is 2.43. The lowest BCUT2D eigenvalue weighted by molar-refractivity contribution is -0.0333. The maximum absolute atomic E-state index is 9.85. The molecule has 25 heavy (non-hydrogen) atoms. The summed E-state index contributed by atoms with van der Waals surface area (Å²) < 4.78 is 11.3. The zero-order valence-electron chi connectivity index (χ0n) is 15.2. The molecule has 1 aromatic carbocycles. The molecule has 0 spiro atoms. The number of hydrogen-bond donors (Lipinski definition) is 2. The van der Waals surface area contributed by atoms with Crippen LogP contribution < -0.4 is 4.74 Å². The molecule has 1 heterocycles. The third-order valence-corrected chi connectivity index (χ3v) is 5.52. The fourth-order valence-corrected chi connectivity index (χ4v) is 4.16. The number of aliphatic hydroxyl groups is 1. The molecule has 2 fully saturated rings. The standard InChI is InChI=1S/C20H31NO4/c1-24-20-9-8-15(13-18(20)23)5-4-12-25-19-7-3-2-6-17(19)21-11-10-16(22)14-21/h8-9,13,16-17,19,22-23H,2-7,10-12,14H2,1H3/t16-,17-,19?/m1/s1. The van der Waals surface area contributed by atoms with Crippen LogP contribution in [0.15, 0.2) is 18.2 Å². The number of ether oxygens (including phenoxy) is 2. The van der Waals surface area contributed by atoms with E-state index in [9.17, 15) is 10.2 Å². The van der Waals surface area contributed by atoms with Crippen LogP contribution in [0.25, 0.3) is 0 Å². The van der Waals surface area contributed by atoms with Crippen LogP contribution in [-0.4, -0.2) is 60.2 Å². The summed E-state index contributed by atoms with van der Waals surface area (Å²) in [5.74, 6) is 0.707. The fourth-order valence-electron chi connectivity index (χ4n) is 4.16. The summed E-state index contributed by atoms with van der Waals surface area (Å²) >= 11 is 0. The first kappa shape index (κ1) is 18.5. The molecule has 0 radical (unpaired) electrons. The summed E-state index contributed by atoms with van der Waals surface area (Å²) in [7, 11) is 1.56. The van der Waals surface area contributed by atoms with Gasteiger partial charge in [-0.3, -0.25) is 4.90 Å². The number of benzene rings is 1. The normalized spacial score (nSPS) is 27.5. The van der Waals surface area contributed by atoms with Gasteiger partial charge in [-0.05, 0) is 49.8 Å². The van der Waals surface area contributed by atoms with Gasteiger partial charge in [-0.2, -0.15) is 0 Å². The van der Waals surface area contributed by atoms with Crippen LogP contribution in [0.1, 0.15) is 44.1 Å². The van der Waals surface area contributed by atoms with Crippen LogP contribution in [-0.2, 0) is 11.2 Å². The molecule has 1 aromatic rings. The Balaban J connectivity index is 1.44. The summed E-state index contributed by atoms with van der Waals surface area (Å²) in [6.07, 6.45) is 7.67. The smallest absolute Gasteiger partial charge is 0.160 e. The average molecular weight is 349 g/mol. The van der Waals surface area contributed by atoms with Crippen molar-refractivity contribution in [3.63, 3.8) is 0 Å². The van der Waals surface area contributed by atoms with Gasteiger partial charge in [-0.25, -0.2) is 0 Å². The average Bonchev–Trinajstić information content (AvgIpc) is 3.05. The minimum Gasteiger partial charge on any atom is -0.504 e. The highest BCUT2D eigenvalue weighted by molar-refractivity contribution is 5.41. The number of likely N-dealkylation sites (tertiary alicyclic amines) is 1. The molecule has 3 atom stereocenters. The number of aromatic hydroxyl groups is 1. The molecule has 1 aliphatic heterocycles. The molecule has 140 valence electrons. The number of β-amino-alcohol motifs (C(OH)–C–C–N with tert-alkyl or cyclic N) is 1. The Morgan fingerprint density at radius 3 is 2.76 bits per heavy atom. The second-order valence-corrected chi connectivity index (χ2v) is 7.31. The molecular formula is C20H31NO4. The molecule has 2 N–H and O–H groups in total. The van der Waals surface area contributed by atoms with Crippen molar-refractivity contribution in [1.29, 1.82) is 0 Å². The van der Waals surface area contributed by atoms with E-state index in [4.69, 9.17) is 9.47 Å². The van der Waals surface area contributed by atoms with Crippen LogP contribution in [0.2, 0.25) is 0 Å². The molecular weight excluding hydrogens is 318 g/mol. The lowest BCUT2D eigenvalue weighted by Gasteiger charge is -2.37. The second kappa shape index (κ2) is 8.88. The predicted molar refractivity (Wildman–Crippen MR) is 97.2 cm³/mol. The summed E-state index contributed by atoms with van der Waals surface area (Å²) in [5, 5.41) is 19.7. The number of phenolic OH excluding ortho intramolecular Hbond substituents is 1. The number of hydrogen-bond acceptors (Lipinski definition) is 5. The van der Waals surface area contributed by atoms with Crippen LogP contribution in [0.3, 0.4) is 0 Å². The molecule has 0 amide bonds. The van der Waals surface area contributed by atoms with Gasteiger partial charge in [0.25, 0.3) is 0 Å². The third kappa shape index (κ3) is 4.87. The highest BCUT2D eigenvalue weighted by Gasteiger charge is 2.34. The molecule has 5 nitrogen and oxygen atoms in total. The van der Waals surface area contributed by atoms with Crippen molar-refractivity contribution >= 4 is 0 Å². The number of methoxy groups -OCH3 is 1. The van der Waals surface area contributed by atoms with E-state index in [-0.39, 0.29) is 11.9 Å². The van der Waals surface area contributed by atoms with E-state index in [0.717, 1.165) is 50.9 Å². The van der Waals surface area contributed by atoms with Crippen molar-refractivity contribution in [3.8, 4) is 11.5 Å². The molecule has 1 aliphatic carbocycles. The first-order valence-corrected chi connectivity index (χ1v) is 9.57. The van der Waals surface area contributed by atoms with Gasteiger partial charge in [0.1, 0.15) is 0 Å². The molecule has 2 aliphatic rings. The van der Waals surface area contributed by atoms with Gasteiger partial charge >= 0.3 is 0 Å². The zero-order chi connectivity index (χ0) is 17.6. The van der Waals surface area contributed by atoms with E-state index in [1.165, 1.54) is 19.3 Å². The molecule has 5 heteroatoms. The van der Waals surface area contributed by atoms with E-state index in [1.807, 2.05) is 6.07 Å². The lowest BCUT2D eigenvalue weighted by Crippen LogP contribution is -2.46. The monoisotopic (exact) mass is 349 g/mol. The SMILES string of the molecule is COc1ccc(CCCOC2CCCC[C@H]2N2CC[C@@H](O)C2)cc1O. The molecule has 1 saturated carbocycles. The van der Waals surface area contributed by atoms with E-state index < -0.39 is 0 Å². The van der Waals surface area contributed by atoms with Gasteiger partial charge in [-0.15, -0.1) is 0 Å². The number of phenols is 1. The highest BCUT2D eigenvalue weighted by Crippen LogP contribution is 2.29. The largest absolute Gasteiger partial charge is 0.504 e. The van der Waals surface area contributed by atoms with Gasteiger partial charge in [0.15, 0.2) is 11.5 Å². The van der Waals surface area contributed by atoms with Crippen LogP contribution >= 0.6 is 0 Å². The van der Waals surface area contributed by atoms with Crippen LogP contribution in [0.5, 0.6) is 11.5 Å². The fraction of sp³-hybridized carbons (Fsp3) is 0.700. The minimum atomic E-state index is -0.162. The van der Waals surface area contributed by atoms with E-state index in [0.29, 0.717) is 17.9 Å². The molecule has 3 rings (SSSR count). The Hall–Kier alpha value is -1.30. The van der Waals surface area contributed by atoms with Crippen molar-refractivity contribution < 1.29 is 19.7 Å². The number of rotatable bonds is 7. The molecule has 0 bridgehead atoms. The highest BCUT2D eigenvalue weighted by atomic mass is 16.5. The number of aliphatic hydroxyl groups excluding tert-OH is 1. The van der Waals surface area contributed by atoms with Gasteiger partial charge in [0.05, 0.1) is 19.3 Å². The third-order valence-electron chi connectivity index (χ3n) is 5.52. The first-order valence-electron chi connectivity index (χ1n) is 9.57. The Bertz CT molecular complexity index is 550. The van der Waals surface area contributed by atoms with Crippen molar-refractivity contribution in [1.82, 2.24) is 4.90 Å². The van der Waals surface area contributed by atoms with E-state index in [2.05, 4.69) is 4.90 Å². The van der Waals surface area contributed by atoms with Gasteiger partial charge in [0.2, 0.25) is 0 Å². The Kier molecular flexibility index (Phi) is 6.57. The van der Waals surface area contributed by atoms with Gasteiger partial charge in [-0.1, -0.05) is 18.9 Å². The van der Waals surface area contributed by atoms with Crippen LogP contribution in [0.4, 0.5) is 0 Å². The second-order valence-electron chi connectivity index (χ2n) is 7.31. The Labute approximate surface area is 150 Å². The van der Waals surface area contributed by atoms with Crippen molar-refractivity contribution in [2.75, 3.05) is 26.8 Å². The van der Waals surface area contributed by atoms with Crippen molar-refractivity contribution in [2.24, 2.45) is 0 Å². The topological polar surface area (TPSA) is 62.2 Å².